The van der Waals surface area contributed by atoms with E-state index in [4.69, 9.17) is 23.6 Å². The highest BCUT2D eigenvalue weighted by Crippen LogP contribution is 2.73. The number of hydrogen-bond donors (Lipinski definition) is 0. The Morgan fingerprint density at radius 2 is 1.00 bits per heavy atom. The first-order chi connectivity index (χ1) is 6.95. The summed E-state index contributed by atoms with van der Waals surface area (Å²) in [5, 5.41) is -2.25. The fourth-order valence-electron chi connectivity index (χ4n) is 0.783. The Hall–Kier alpha value is 2.35. The van der Waals surface area contributed by atoms with Crippen LogP contribution >= 0.6 is 41.1 Å². The molecule has 0 spiro atoms. The molecule has 0 rings (SSSR count). The summed E-state index contributed by atoms with van der Waals surface area (Å²) < 4.78 is 0. The van der Waals surface area contributed by atoms with E-state index in [0.29, 0.717) is 0 Å². The van der Waals surface area contributed by atoms with Crippen LogP contribution in [0.1, 0.15) is 27.7 Å². The Kier molecular flexibility index (Phi) is 9.78. The molecule has 0 unspecified atom stereocenters. The first-order valence-electron chi connectivity index (χ1n) is 5.16. The zero-order valence-corrected chi connectivity index (χ0v) is 15.6. The van der Waals surface area contributed by atoms with E-state index in [1.165, 1.54) is 0 Å². The molecule has 0 radical (unpaired) electrons. The van der Waals surface area contributed by atoms with Gasteiger partial charge in [0.15, 0.2) is 0 Å². The van der Waals surface area contributed by atoms with Crippen molar-refractivity contribution in [1.29, 1.82) is 0 Å². The van der Waals surface area contributed by atoms with Gasteiger partial charge < -0.3 is 0 Å². The van der Waals surface area contributed by atoms with Crippen LogP contribution in [0.15, 0.2) is 0 Å². The molecule has 0 atom stereocenters. The van der Waals surface area contributed by atoms with Crippen LogP contribution in [0, 0.1) is 0 Å². The summed E-state index contributed by atoms with van der Waals surface area (Å²) >= 11 is 11.4. The highest BCUT2D eigenvalue weighted by molar-refractivity contribution is 9.31. The summed E-state index contributed by atoms with van der Waals surface area (Å²) in [7, 11) is 5.79. The average Bonchev–Trinajstić information content (AvgIpc) is 2.28. The van der Waals surface area contributed by atoms with Crippen LogP contribution in [-0.4, -0.2) is 24.6 Å². The second kappa shape index (κ2) is 8.45. The van der Waals surface area contributed by atoms with Crippen molar-refractivity contribution in [2.45, 2.75) is 27.7 Å². The monoisotopic (exact) mass is 338 g/mol. The van der Waals surface area contributed by atoms with Gasteiger partial charge in [0.05, 0.1) is 0 Å². The quantitative estimate of drug-likeness (QED) is 0.399. The van der Waals surface area contributed by atoms with E-state index in [2.05, 4.69) is 27.7 Å². The molecule has 0 fully saturated rings. The second-order valence-electron chi connectivity index (χ2n) is 3.11. The topological polar surface area (TPSA) is 0 Å². The van der Waals surface area contributed by atoms with Gasteiger partial charge in [-0.15, -0.1) is 0 Å². The molecular weight excluding hydrogens is 318 g/mol. The van der Waals surface area contributed by atoms with Crippen molar-refractivity contribution in [3.63, 3.8) is 0 Å². The number of rotatable bonds is 8. The SMILES string of the molecule is CCP(=S)(CC)SSSP(=S)(CC)CC. The molecule has 0 nitrogen and oxygen atoms in total. The van der Waals surface area contributed by atoms with Gasteiger partial charge in [-0.25, -0.2) is 0 Å². The minimum absolute atomic E-state index is 1.12. The minimum atomic E-state index is -1.12. The maximum absolute atomic E-state index is 5.68. The Morgan fingerprint density at radius 1 is 0.733 bits per heavy atom. The van der Waals surface area contributed by atoms with Crippen molar-refractivity contribution in [3.05, 3.63) is 0 Å². The zero-order valence-electron chi connectivity index (χ0n) is 9.76. The molecule has 15 heavy (non-hydrogen) atoms. The third kappa shape index (κ3) is 6.74. The minimum Gasteiger partial charge on any atom is -0.0851 e. The van der Waals surface area contributed by atoms with E-state index >= 15 is 0 Å². The fraction of sp³-hybridized carbons (Fsp3) is 1.00. The van der Waals surface area contributed by atoms with Gasteiger partial charge in [-0.2, -0.15) is 0 Å². The van der Waals surface area contributed by atoms with E-state index in [-0.39, 0.29) is 0 Å². The lowest BCUT2D eigenvalue weighted by Gasteiger charge is -2.20. The molecule has 0 aromatic rings. The van der Waals surface area contributed by atoms with Crippen molar-refractivity contribution >= 4 is 64.7 Å². The molecule has 0 aromatic heterocycles. The van der Waals surface area contributed by atoms with Crippen LogP contribution < -0.4 is 0 Å². The van der Waals surface area contributed by atoms with E-state index < -0.39 is 10.5 Å². The lowest BCUT2D eigenvalue weighted by Crippen LogP contribution is -1.82. The molecule has 0 saturated heterocycles. The summed E-state index contributed by atoms with van der Waals surface area (Å²) in [5.41, 5.74) is 0. The summed E-state index contributed by atoms with van der Waals surface area (Å²) in [4.78, 5) is 0. The van der Waals surface area contributed by atoms with Gasteiger partial charge >= 0.3 is 0 Å². The van der Waals surface area contributed by atoms with Gasteiger partial charge in [-0.3, -0.25) is 0 Å². The van der Waals surface area contributed by atoms with Crippen LogP contribution in [-0.2, 0) is 23.6 Å². The first kappa shape index (κ1) is 17.4. The van der Waals surface area contributed by atoms with E-state index in [1.807, 2.05) is 30.7 Å². The lowest BCUT2D eigenvalue weighted by molar-refractivity contribution is 1.43. The van der Waals surface area contributed by atoms with Crippen molar-refractivity contribution < 1.29 is 0 Å². The number of hydrogen-bond acceptors (Lipinski definition) is 5. The van der Waals surface area contributed by atoms with Crippen LogP contribution in [0.4, 0.5) is 0 Å². The first-order valence-corrected chi connectivity index (χ1v) is 16.2. The van der Waals surface area contributed by atoms with Crippen LogP contribution in [0.2, 0.25) is 0 Å². The standard InChI is InChI=1S/C8H20P2S5/c1-5-9(11,6-2)13-15-14-10(12,7-3)8-4/h5-8H2,1-4H3. The zero-order chi connectivity index (χ0) is 11.9. The molecule has 0 bridgehead atoms. The molecule has 0 aromatic carbocycles. The van der Waals surface area contributed by atoms with Crippen LogP contribution in [0.5, 0.6) is 0 Å². The molecular formula is C8H20P2S5. The summed E-state index contributed by atoms with van der Waals surface area (Å²) in [5.74, 6) is 0. The van der Waals surface area contributed by atoms with Crippen LogP contribution in [0.3, 0.4) is 0 Å². The van der Waals surface area contributed by atoms with Crippen LogP contribution in [0.25, 0.3) is 0 Å². The average molecular weight is 339 g/mol. The Balaban J connectivity index is 4.08. The summed E-state index contributed by atoms with van der Waals surface area (Å²) in [6, 6.07) is 0. The normalized spacial score (nSPS) is 13.1. The highest BCUT2D eigenvalue weighted by Gasteiger charge is 2.18. The maximum Gasteiger partial charge on any atom is 0.0182 e. The van der Waals surface area contributed by atoms with Crippen molar-refractivity contribution in [2.75, 3.05) is 24.6 Å². The largest absolute Gasteiger partial charge is 0.0851 e. The predicted molar refractivity (Wildman–Crippen MR) is 93.5 cm³/mol. The Bertz CT molecular complexity index is 224. The third-order valence-corrected chi connectivity index (χ3v) is 27.5. The molecule has 0 amide bonds. The van der Waals surface area contributed by atoms with Crippen molar-refractivity contribution in [2.24, 2.45) is 0 Å². The molecule has 0 aliphatic carbocycles. The molecule has 0 aliphatic heterocycles. The predicted octanol–water partition coefficient (Wildman–Crippen LogP) is 5.88. The van der Waals surface area contributed by atoms with Gasteiger partial charge in [-0.05, 0) is 55.3 Å². The van der Waals surface area contributed by atoms with Gasteiger partial charge in [0.1, 0.15) is 0 Å². The Morgan fingerprint density at radius 3 is 1.20 bits per heavy atom. The fourth-order valence-corrected chi connectivity index (χ4v) is 23.3. The van der Waals surface area contributed by atoms with Gasteiger partial charge in [0.25, 0.3) is 0 Å². The molecule has 0 N–H and O–H groups in total. The molecule has 0 saturated carbocycles. The van der Waals surface area contributed by atoms with E-state index in [9.17, 15) is 0 Å². The maximum atomic E-state index is 5.68. The highest BCUT2D eigenvalue weighted by atomic mass is 33.7. The summed E-state index contributed by atoms with van der Waals surface area (Å²) in [6.45, 7) is 8.88. The lowest BCUT2D eigenvalue weighted by atomic mass is 11.0. The van der Waals surface area contributed by atoms with E-state index in [0.717, 1.165) is 24.6 Å². The van der Waals surface area contributed by atoms with Gasteiger partial charge in [-0.1, -0.05) is 51.3 Å². The van der Waals surface area contributed by atoms with Crippen molar-refractivity contribution in [3.8, 4) is 0 Å². The molecule has 7 heteroatoms. The second-order valence-corrected chi connectivity index (χ2v) is 24.3. The summed E-state index contributed by atoms with van der Waals surface area (Å²) in [6.07, 6.45) is 4.66. The third-order valence-electron chi connectivity index (χ3n) is 2.26. The smallest absolute Gasteiger partial charge is 0.0182 e. The Labute approximate surface area is 116 Å². The van der Waals surface area contributed by atoms with Gasteiger partial charge in [0, 0.05) is 10.5 Å². The molecule has 0 heterocycles. The van der Waals surface area contributed by atoms with Gasteiger partial charge in [0.2, 0.25) is 0 Å². The molecule has 0 aliphatic rings. The molecule has 92 valence electrons. The van der Waals surface area contributed by atoms with E-state index in [1.54, 1.807) is 0 Å². The van der Waals surface area contributed by atoms with Crippen molar-refractivity contribution in [1.82, 2.24) is 0 Å².